The highest BCUT2D eigenvalue weighted by molar-refractivity contribution is 7.46. The van der Waals surface area contributed by atoms with Crippen molar-refractivity contribution in [2.75, 3.05) is 40.1 Å². The summed E-state index contributed by atoms with van der Waals surface area (Å²) in [6.45, 7) is 9.78. The lowest BCUT2D eigenvalue weighted by atomic mass is 9.91. The molecule has 2 amide bonds. The number of phosphoric ester groups is 1. The Bertz CT molecular complexity index is 1800. The van der Waals surface area contributed by atoms with Crippen LogP contribution in [0.3, 0.4) is 0 Å². The number of hydrogen-bond donors (Lipinski definition) is 8. The number of aliphatic hydroxyl groups is 3. The molecular formula is C70H135N2O18P. The van der Waals surface area contributed by atoms with Gasteiger partial charge in [-0.25, -0.2) is 9.36 Å². The minimum atomic E-state index is -5.25. The zero-order chi connectivity index (χ0) is 66.7. The molecule has 2 aliphatic heterocycles. The molecule has 2 aliphatic rings. The first-order chi connectivity index (χ1) is 44.0. The summed E-state index contributed by atoms with van der Waals surface area (Å²) >= 11 is 0. The number of carboxylic acids is 1. The van der Waals surface area contributed by atoms with E-state index in [0.717, 1.165) is 96.3 Å². The molecular weight excluding hydrogens is 1190 g/mol. The van der Waals surface area contributed by atoms with Crippen LogP contribution in [0.2, 0.25) is 0 Å². The standard InChI is InChI=1S/C70H135N2O18P/c1-7-11-15-19-23-27-31-35-39-43-49-84-58(46-42-38-34-30-26-22-18-14-10-4)48-51-86-67-63(71-55(5)73)70(89-60(53-83-6)65(67)90-91(80,81)82)87-54-59-64(77)66(85-50-47-56(74)44-40-36-32-28-24-20-16-12-8-2)62(68(88-59)69(78)79)72-61(76)52-57(75)45-41-37-33-29-25-21-17-13-9-3/h56-60,62-68,70,74-75,77H,7-54H2,1-6H3,(H,71,73)(H,72,76)(H,78,79)(H2,80,81,82)/t56-,57-,58-,59-,60-,62-,63-,64-,65+,66-,67-,68+,70-/m1/s1. The van der Waals surface area contributed by atoms with Crippen molar-refractivity contribution in [2.24, 2.45) is 0 Å². The molecule has 0 bridgehead atoms. The highest BCUT2D eigenvalue weighted by Crippen LogP contribution is 2.43. The Balaban J connectivity index is 2.36. The molecule has 0 spiro atoms. The molecule has 13 atom stereocenters. The van der Waals surface area contributed by atoms with Gasteiger partial charge in [0.15, 0.2) is 12.4 Å². The molecule has 0 radical (unpaired) electrons. The summed E-state index contributed by atoms with van der Waals surface area (Å²) in [7, 11) is -3.88. The third-order valence-electron chi connectivity index (χ3n) is 18.0. The molecule has 0 aromatic carbocycles. The summed E-state index contributed by atoms with van der Waals surface area (Å²) < 4.78 is 61.9. The van der Waals surface area contributed by atoms with Gasteiger partial charge in [0.05, 0.1) is 44.0 Å². The fourth-order valence-corrected chi connectivity index (χ4v) is 13.2. The number of carboxylic acid groups (broad SMARTS) is 1. The molecule has 21 heteroatoms. The van der Waals surface area contributed by atoms with Crippen LogP contribution in [0, 0.1) is 0 Å². The van der Waals surface area contributed by atoms with Gasteiger partial charge in [-0.15, -0.1) is 0 Å². The summed E-state index contributed by atoms with van der Waals surface area (Å²) in [5, 5.41) is 50.5. The molecule has 2 fully saturated rings. The summed E-state index contributed by atoms with van der Waals surface area (Å²) in [5.41, 5.74) is 0. The maximum Gasteiger partial charge on any atom is 0.470 e. The molecule has 0 saturated carbocycles. The molecule has 0 aromatic heterocycles. The zero-order valence-electron chi connectivity index (χ0n) is 58.0. The fraction of sp³-hybridized carbons (Fsp3) is 0.957. The van der Waals surface area contributed by atoms with Gasteiger partial charge in [-0.3, -0.25) is 14.1 Å². The van der Waals surface area contributed by atoms with Crippen molar-refractivity contribution < 1.29 is 86.8 Å². The van der Waals surface area contributed by atoms with Crippen molar-refractivity contribution in [3.63, 3.8) is 0 Å². The van der Waals surface area contributed by atoms with E-state index in [9.17, 15) is 49.2 Å². The van der Waals surface area contributed by atoms with E-state index in [4.69, 9.17) is 37.7 Å². The second-order valence-corrected chi connectivity index (χ2v) is 27.6. The maximum atomic E-state index is 13.7. The number of hydrogen-bond acceptors (Lipinski definition) is 15. The van der Waals surface area contributed by atoms with Gasteiger partial charge in [0.1, 0.15) is 42.7 Å². The topological polar surface area (TPSA) is 288 Å². The Morgan fingerprint density at radius 3 is 1.38 bits per heavy atom. The number of carbonyl (C=O) groups is 3. The predicted octanol–water partition coefficient (Wildman–Crippen LogP) is 13.8. The molecule has 0 unspecified atom stereocenters. The number of ether oxygens (including phenoxy) is 7. The summed E-state index contributed by atoms with van der Waals surface area (Å²) in [4.78, 5) is 60.6. The van der Waals surface area contributed by atoms with Gasteiger partial charge in [0.2, 0.25) is 11.8 Å². The van der Waals surface area contributed by atoms with E-state index in [-0.39, 0.29) is 38.8 Å². The van der Waals surface area contributed by atoms with Gasteiger partial charge >= 0.3 is 13.8 Å². The number of rotatable bonds is 62. The lowest BCUT2D eigenvalue weighted by Gasteiger charge is -2.47. The van der Waals surface area contributed by atoms with Gasteiger partial charge in [-0.2, -0.15) is 0 Å². The van der Waals surface area contributed by atoms with Gasteiger partial charge in [-0.1, -0.05) is 259 Å². The summed E-state index contributed by atoms with van der Waals surface area (Å²) in [5.74, 6) is -2.70. The Labute approximate surface area is 551 Å². The second kappa shape index (κ2) is 55.2. The van der Waals surface area contributed by atoms with E-state index >= 15 is 0 Å². The minimum absolute atomic E-state index is 0.0371. The second-order valence-electron chi connectivity index (χ2n) is 26.4. The van der Waals surface area contributed by atoms with Crippen LogP contribution in [0.25, 0.3) is 0 Å². The van der Waals surface area contributed by atoms with Crippen LogP contribution in [-0.2, 0) is 56.6 Å². The number of aliphatic hydroxyl groups excluding tert-OH is 3. The molecule has 2 heterocycles. The highest BCUT2D eigenvalue weighted by Gasteiger charge is 2.53. The van der Waals surface area contributed by atoms with Crippen molar-refractivity contribution in [2.45, 2.75) is 390 Å². The molecule has 20 nitrogen and oxygen atoms in total. The van der Waals surface area contributed by atoms with E-state index in [1.807, 2.05) is 0 Å². The quantitative estimate of drug-likeness (QED) is 0.0207. The lowest BCUT2D eigenvalue weighted by molar-refractivity contribution is -0.290. The van der Waals surface area contributed by atoms with Crippen molar-refractivity contribution in [1.29, 1.82) is 0 Å². The molecule has 0 aromatic rings. The van der Waals surface area contributed by atoms with E-state index in [1.54, 1.807) is 0 Å². The molecule has 2 saturated heterocycles. The largest absolute Gasteiger partial charge is 0.479 e. The van der Waals surface area contributed by atoms with E-state index in [1.165, 1.54) is 162 Å². The van der Waals surface area contributed by atoms with Crippen LogP contribution in [0.4, 0.5) is 0 Å². The number of phosphoric acid groups is 1. The third kappa shape index (κ3) is 41.7. The molecule has 0 aliphatic carbocycles. The lowest BCUT2D eigenvalue weighted by Crippen LogP contribution is -2.68. The van der Waals surface area contributed by atoms with Crippen LogP contribution in [0.1, 0.15) is 311 Å². The maximum absolute atomic E-state index is 13.7. The summed E-state index contributed by atoms with van der Waals surface area (Å²) in [6, 6.07) is -2.74. The van der Waals surface area contributed by atoms with E-state index in [2.05, 4.69) is 38.3 Å². The Kier molecular flexibility index (Phi) is 51.6. The third-order valence-corrected chi connectivity index (χ3v) is 18.5. The van der Waals surface area contributed by atoms with Crippen LogP contribution in [-0.4, -0.2) is 168 Å². The van der Waals surface area contributed by atoms with Crippen LogP contribution < -0.4 is 10.6 Å². The van der Waals surface area contributed by atoms with Crippen LogP contribution >= 0.6 is 7.82 Å². The Hall–Kier alpha value is -1.88. The number of aliphatic carboxylic acids is 1. The Morgan fingerprint density at radius 2 is 0.923 bits per heavy atom. The zero-order valence-corrected chi connectivity index (χ0v) is 58.9. The van der Waals surface area contributed by atoms with Crippen molar-refractivity contribution in [3.05, 3.63) is 0 Å². The Morgan fingerprint density at radius 1 is 0.484 bits per heavy atom. The van der Waals surface area contributed by atoms with Crippen LogP contribution in [0.5, 0.6) is 0 Å². The van der Waals surface area contributed by atoms with Gasteiger partial charge < -0.3 is 74.0 Å². The normalized spacial score (nSPS) is 23.1. The number of amides is 2. The average Bonchev–Trinajstić information content (AvgIpc) is 0.844. The SMILES string of the molecule is CCCCCCCCCCCCO[C@H](CCCCCCCCCCC)CCO[C@@H]1[C@@H](NC(C)=O)[C@H](OC[C@H]2O[C@H](C(=O)O)[C@H](NC(=O)C[C@H](O)CCCCCCCCCCC)[C@@H](OCC[C@H](O)CCCCCCCCCCC)[C@@H]2O)O[C@H](COC)[C@@H]1OP(=O)(O)O. The summed E-state index contributed by atoms with van der Waals surface area (Å²) in [6.07, 6.45) is 30.7. The molecule has 538 valence electrons. The highest BCUT2D eigenvalue weighted by atomic mass is 31.2. The molecule has 2 rings (SSSR count). The van der Waals surface area contributed by atoms with Gasteiger partial charge in [-0.05, 0) is 38.5 Å². The van der Waals surface area contributed by atoms with Crippen LogP contribution in [0.15, 0.2) is 0 Å². The van der Waals surface area contributed by atoms with Crippen molar-refractivity contribution in [3.8, 4) is 0 Å². The minimum Gasteiger partial charge on any atom is -0.479 e. The first-order valence-electron chi connectivity index (χ1n) is 36.8. The molecule has 91 heavy (non-hydrogen) atoms. The number of carbonyl (C=O) groups excluding carboxylic acids is 2. The number of methoxy groups -OCH3 is 1. The van der Waals surface area contributed by atoms with E-state index < -0.39 is 106 Å². The predicted molar refractivity (Wildman–Crippen MR) is 358 cm³/mol. The van der Waals surface area contributed by atoms with Gasteiger partial charge in [0.25, 0.3) is 0 Å². The first kappa shape index (κ1) is 85.2. The van der Waals surface area contributed by atoms with E-state index in [0.29, 0.717) is 25.9 Å². The average molecular weight is 1320 g/mol. The van der Waals surface area contributed by atoms with Crippen molar-refractivity contribution in [1.82, 2.24) is 10.6 Å². The number of nitrogens with one attached hydrogen (secondary N) is 2. The first-order valence-corrected chi connectivity index (χ1v) is 38.4. The van der Waals surface area contributed by atoms with Crippen molar-refractivity contribution >= 4 is 25.6 Å². The monoisotopic (exact) mass is 1320 g/mol. The fourth-order valence-electron chi connectivity index (χ4n) is 12.7. The smallest absolute Gasteiger partial charge is 0.470 e. The number of unbranched alkanes of at least 4 members (excludes halogenated alkanes) is 33. The molecule has 8 N–H and O–H groups in total. The van der Waals surface area contributed by atoms with Gasteiger partial charge in [0, 0.05) is 33.9 Å².